The Morgan fingerprint density at radius 3 is 2.65 bits per heavy atom. The molecule has 4 nitrogen and oxygen atoms in total. The molecule has 0 bridgehead atoms. The van der Waals surface area contributed by atoms with E-state index >= 15 is 0 Å². The van der Waals surface area contributed by atoms with Gasteiger partial charge in [-0.1, -0.05) is 32.9 Å². The van der Waals surface area contributed by atoms with E-state index in [-0.39, 0.29) is 11.2 Å². The fraction of sp³-hybridized carbons (Fsp3) is 0.250. The van der Waals surface area contributed by atoms with E-state index in [1.54, 1.807) is 12.1 Å². The summed E-state index contributed by atoms with van der Waals surface area (Å²) in [6.07, 6.45) is 0. The van der Waals surface area contributed by atoms with Crippen LogP contribution in [0.1, 0.15) is 26.3 Å². The Labute approximate surface area is 117 Å². The molecule has 0 atom stereocenters. The van der Waals surface area contributed by atoms with E-state index in [0.717, 1.165) is 5.69 Å². The van der Waals surface area contributed by atoms with E-state index < -0.39 is 0 Å². The van der Waals surface area contributed by atoms with Crippen molar-refractivity contribution in [3.8, 4) is 11.4 Å². The first-order valence-electron chi connectivity index (χ1n) is 6.52. The smallest absolute Gasteiger partial charge is 0.155 e. The van der Waals surface area contributed by atoms with Crippen molar-refractivity contribution in [1.82, 2.24) is 15.0 Å². The Hall–Kier alpha value is -2.36. The lowest BCUT2D eigenvalue weighted by Gasteiger charge is -2.19. The van der Waals surface area contributed by atoms with Crippen LogP contribution in [0.25, 0.3) is 16.7 Å². The summed E-state index contributed by atoms with van der Waals surface area (Å²) in [5.41, 5.74) is 3.23. The Bertz CT molecular complexity index is 769. The Morgan fingerprint density at radius 1 is 1.15 bits per heavy atom. The van der Waals surface area contributed by atoms with Crippen molar-refractivity contribution in [2.75, 3.05) is 0 Å². The zero-order valence-electron chi connectivity index (χ0n) is 11.8. The van der Waals surface area contributed by atoms with Crippen LogP contribution < -0.4 is 0 Å². The molecule has 0 saturated heterocycles. The lowest BCUT2D eigenvalue weighted by molar-refractivity contribution is 0.480. The molecule has 2 aromatic carbocycles. The van der Waals surface area contributed by atoms with E-state index in [0.29, 0.717) is 11.0 Å². The SMILES string of the molecule is CC(C)(C)c1c[c]cc(-n2nc3cccc(O)c3n2)c1. The van der Waals surface area contributed by atoms with Crippen LogP contribution in [0.2, 0.25) is 0 Å². The number of aromatic hydroxyl groups is 1. The number of hydrogen-bond acceptors (Lipinski definition) is 3. The monoisotopic (exact) mass is 266 g/mol. The maximum Gasteiger partial charge on any atom is 0.155 e. The zero-order valence-corrected chi connectivity index (χ0v) is 11.8. The average molecular weight is 266 g/mol. The normalized spacial score (nSPS) is 11.9. The van der Waals surface area contributed by atoms with Crippen LogP contribution in [-0.4, -0.2) is 20.1 Å². The third-order valence-corrected chi connectivity index (χ3v) is 3.26. The standard InChI is InChI=1S/C16H16N3O/c1-16(2,3)11-6-4-7-12(10-11)19-17-13-8-5-9-14(20)15(13)18-19/h5-10,20H,1-3H3. The maximum absolute atomic E-state index is 9.79. The molecular weight excluding hydrogens is 250 g/mol. The van der Waals surface area contributed by atoms with Crippen molar-refractivity contribution >= 4 is 11.0 Å². The molecule has 1 N–H and O–H groups in total. The second-order valence-corrected chi connectivity index (χ2v) is 5.86. The van der Waals surface area contributed by atoms with Gasteiger partial charge in [0.1, 0.15) is 11.3 Å². The molecule has 0 saturated carbocycles. The van der Waals surface area contributed by atoms with Crippen LogP contribution in [0.5, 0.6) is 5.75 Å². The minimum Gasteiger partial charge on any atom is -0.506 e. The van der Waals surface area contributed by atoms with Gasteiger partial charge in [0.05, 0.1) is 5.69 Å². The summed E-state index contributed by atoms with van der Waals surface area (Å²) in [4.78, 5) is 1.54. The van der Waals surface area contributed by atoms with Crippen molar-refractivity contribution in [3.63, 3.8) is 0 Å². The molecule has 0 aliphatic rings. The number of benzene rings is 2. The first-order valence-corrected chi connectivity index (χ1v) is 6.52. The number of rotatable bonds is 1. The molecule has 1 heterocycles. The van der Waals surface area contributed by atoms with Gasteiger partial charge in [-0.3, -0.25) is 0 Å². The number of phenols is 1. The van der Waals surface area contributed by atoms with Crippen LogP contribution in [0.4, 0.5) is 0 Å². The fourth-order valence-electron chi connectivity index (χ4n) is 2.05. The molecule has 0 amide bonds. The van der Waals surface area contributed by atoms with Gasteiger partial charge in [-0.15, -0.1) is 10.2 Å². The Kier molecular flexibility index (Phi) is 2.74. The zero-order chi connectivity index (χ0) is 14.3. The van der Waals surface area contributed by atoms with Crippen LogP contribution in [0, 0.1) is 6.07 Å². The number of hydrogen-bond donors (Lipinski definition) is 1. The summed E-state index contributed by atoms with van der Waals surface area (Å²) >= 11 is 0. The number of aromatic nitrogens is 3. The summed E-state index contributed by atoms with van der Waals surface area (Å²) in [6, 6.07) is 14.2. The average Bonchev–Trinajstić information content (AvgIpc) is 2.83. The van der Waals surface area contributed by atoms with E-state index in [2.05, 4.69) is 37.0 Å². The number of nitrogens with zero attached hydrogens (tertiary/aromatic N) is 3. The van der Waals surface area contributed by atoms with Gasteiger partial charge in [-0.25, -0.2) is 0 Å². The molecule has 3 aromatic rings. The quantitative estimate of drug-likeness (QED) is 0.735. The van der Waals surface area contributed by atoms with Crippen LogP contribution >= 0.6 is 0 Å². The third kappa shape index (κ3) is 2.13. The first kappa shape index (κ1) is 12.7. The largest absolute Gasteiger partial charge is 0.506 e. The van der Waals surface area contributed by atoms with Gasteiger partial charge in [-0.05, 0) is 41.3 Å². The predicted octanol–water partition coefficient (Wildman–Crippen LogP) is 3.22. The third-order valence-electron chi connectivity index (χ3n) is 3.26. The molecule has 4 heteroatoms. The molecule has 0 fully saturated rings. The molecule has 20 heavy (non-hydrogen) atoms. The lowest BCUT2D eigenvalue weighted by Crippen LogP contribution is -2.12. The van der Waals surface area contributed by atoms with Gasteiger partial charge < -0.3 is 5.11 Å². The van der Waals surface area contributed by atoms with Gasteiger partial charge in [0.2, 0.25) is 0 Å². The minimum atomic E-state index is 0.0429. The van der Waals surface area contributed by atoms with Gasteiger partial charge in [0, 0.05) is 0 Å². The molecular formula is C16H16N3O. The summed E-state index contributed by atoms with van der Waals surface area (Å²) in [5.74, 6) is 0.143. The van der Waals surface area contributed by atoms with Crippen molar-refractivity contribution in [3.05, 3.63) is 48.0 Å². The number of phenolic OH excluding ortho intramolecular Hbond substituents is 1. The molecule has 0 spiro atoms. The summed E-state index contributed by atoms with van der Waals surface area (Å²) in [7, 11) is 0. The van der Waals surface area contributed by atoms with E-state index in [1.807, 2.05) is 24.3 Å². The first-order chi connectivity index (χ1) is 9.45. The highest BCUT2D eigenvalue weighted by atomic mass is 16.3. The van der Waals surface area contributed by atoms with Crippen LogP contribution in [0.15, 0.2) is 36.4 Å². The lowest BCUT2D eigenvalue weighted by atomic mass is 9.87. The van der Waals surface area contributed by atoms with Gasteiger partial charge in [-0.2, -0.15) is 4.80 Å². The highest BCUT2D eigenvalue weighted by molar-refractivity contribution is 5.80. The van der Waals surface area contributed by atoms with E-state index in [1.165, 1.54) is 10.4 Å². The summed E-state index contributed by atoms with van der Waals surface area (Å²) in [5, 5.41) is 18.5. The number of fused-ring (bicyclic) bond motifs is 1. The second-order valence-electron chi connectivity index (χ2n) is 5.86. The molecule has 0 aliphatic heterocycles. The molecule has 0 unspecified atom stereocenters. The van der Waals surface area contributed by atoms with Gasteiger partial charge in [0.15, 0.2) is 5.52 Å². The fourth-order valence-corrected chi connectivity index (χ4v) is 2.05. The minimum absolute atomic E-state index is 0.0429. The van der Waals surface area contributed by atoms with Gasteiger partial charge >= 0.3 is 0 Å². The molecule has 0 aliphatic carbocycles. The topological polar surface area (TPSA) is 50.9 Å². The summed E-state index contributed by atoms with van der Waals surface area (Å²) in [6.45, 7) is 6.45. The maximum atomic E-state index is 9.79. The van der Waals surface area contributed by atoms with Gasteiger partial charge in [0.25, 0.3) is 0 Å². The van der Waals surface area contributed by atoms with Crippen LogP contribution in [0.3, 0.4) is 0 Å². The molecule has 1 aromatic heterocycles. The highest BCUT2D eigenvalue weighted by Gasteiger charge is 2.15. The second kappa shape index (κ2) is 4.34. The van der Waals surface area contributed by atoms with Crippen molar-refractivity contribution < 1.29 is 5.11 Å². The van der Waals surface area contributed by atoms with Crippen molar-refractivity contribution in [2.24, 2.45) is 0 Å². The molecule has 101 valence electrons. The Balaban J connectivity index is 2.14. The van der Waals surface area contributed by atoms with E-state index in [4.69, 9.17) is 0 Å². The van der Waals surface area contributed by atoms with E-state index in [9.17, 15) is 5.11 Å². The van der Waals surface area contributed by atoms with Crippen molar-refractivity contribution in [1.29, 1.82) is 0 Å². The predicted molar refractivity (Wildman–Crippen MR) is 78.1 cm³/mol. The Morgan fingerprint density at radius 2 is 1.95 bits per heavy atom. The van der Waals surface area contributed by atoms with Crippen LogP contribution in [-0.2, 0) is 5.41 Å². The highest BCUT2D eigenvalue weighted by Crippen LogP contribution is 2.25. The van der Waals surface area contributed by atoms with Crippen molar-refractivity contribution in [2.45, 2.75) is 26.2 Å². The molecule has 1 radical (unpaired) electrons. The summed E-state index contributed by atoms with van der Waals surface area (Å²) < 4.78 is 0. The molecule has 3 rings (SSSR count).